The van der Waals surface area contributed by atoms with E-state index in [1.165, 1.54) is 18.2 Å². The average molecular weight is 320 g/mol. The molecule has 2 aromatic carbocycles. The highest BCUT2D eigenvalue weighted by atomic mass is 35.5. The Morgan fingerprint density at radius 3 is 2.59 bits per heavy atom. The molecular weight excluding hydrogens is 310 g/mol. The van der Waals surface area contributed by atoms with Crippen molar-refractivity contribution in [2.45, 2.75) is 0 Å². The molecule has 1 heterocycles. The molecule has 6 nitrogen and oxygen atoms in total. The molecule has 0 radical (unpaired) electrons. The van der Waals surface area contributed by atoms with Gasteiger partial charge in [-0.05, 0) is 36.4 Å². The van der Waals surface area contributed by atoms with Gasteiger partial charge in [0.25, 0.3) is 5.91 Å². The zero-order valence-electron chi connectivity index (χ0n) is 11.1. The van der Waals surface area contributed by atoms with Crippen molar-refractivity contribution in [1.29, 1.82) is 0 Å². The van der Waals surface area contributed by atoms with Crippen LogP contribution in [-0.4, -0.2) is 23.8 Å². The van der Waals surface area contributed by atoms with Gasteiger partial charge in [0, 0.05) is 11.3 Å². The maximum atomic E-state index is 12.2. The van der Waals surface area contributed by atoms with Crippen molar-refractivity contribution < 1.29 is 24.2 Å². The Kier molecular flexibility index (Phi) is 3.60. The summed E-state index contributed by atoms with van der Waals surface area (Å²) in [6, 6.07) is 9.02. The van der Waals surface area contributed by atoms with E-state index in [9.17, 15) is 9.59 Å². The van der Waals surface area contributed by atoms with E-state index in [1.807, 2.05) is 0 Å². The van der Waals surface area contributed by atoms with E-state index in [2.05, 4.69) is 5.32 Å². The van der Waals surface area contributed by atoms with Gasteiger partial charge in [0.05, 0.1) is 10.6 Å². The fourth-order valence-corrected chi connectivity index (χ4v) is 2.27. The minimum Gasteiger partial charge on any atom is -0.478 e. The molecular formula is C15H10ClNO5. The summed E-state index contributed by atoms with van der Waals surface area (Å²) in [6.07, 6.45) is 0. The number of amides is 1. The number of carboxylic acid groups (broad SMARTS) is 1. The highest BCUT2D eigenvalue weighted by Crippen LogP contribution is 2.32. The Bertz CT molecular complexity index is 775. The van der Waals surface area contributed by atoms with Crippen LogP contribution < -0.4 is 14.8 Å². The Labute approximate surface area is 130 Å². The van der Waals surface area contributed by atoms with Gasteiger partial charge in [-0.25, -0.2) is 4.79 Å². The van der Waals surface area contributed by atoms with Crippen LogP contribution in [-0.2, 0) is 0 Å². The molecule has 2 aromatic rings. The van der Waals surface area contributed by atoms with Crippen molar-refractivity contribution in [1.82, 2.24) is 0 Å². The van der Waals surface area contributed by atoms with Crippen LogP contribution >= 0.6 is 11.6 Å². The van der Waals surface area contributed by atoms with E-state index in [-0.39, 0.29) is 23.3 Å². The summed E-state index contributed by atoms with van der Waals surface area (Å²) in [4.78, 5) is 23.1. The molecule has 0 saturated heterocycles. The fraction of sp³-hybridized carbons (Fsp3) is 0.0667. The number of anilines is 1. The van der Waals surface area contributed by atoms with Crippen LogP contribution in [0.5, 0.6) is 11.5 Å². The van der Waals surface area contributed by atoms with Crippen LogP contribution in [0.3, 0.4) is 0 Å². The minimum atomic E-state index is -1.13. The monoisotopic (exact) mass is 319 g/mol. The first-order chi connectivity index (χ1) is 10.5. The quantitative estimate of drug-likeness (QED) is 0.908. The molecule has 22 heavy (non-hydrogen) atoms. The van der Waals surface area contributed by atoms with Crippen molar-refractivity contribution in [3.05, 3.63) is 52.5 Å². The summed E-state index contributed by atoms with van der Waals surface area (Å²) in [5, 5.41) is 11.6. The van der Waals surface area contributed by atoms with Gasteiger partial charge in [-0.2, -0.15) is 0 Å². The second-order valence-corrected chi connectivity index (χ2v) is 4.93. The maximum Gasteiger partial charge on any atom is 0.337 e. The van der Waals surface area contributed by atoms with Crippen LogP contribution in [0, 0.1) is 0 Å². The normalized spacial score (nSPS) is 12.0. The fourth-order valence-electron chi connectivity index (χ4n) is 2.01. The van der Waals surface area contributed by atoms with Crippen molar-refractivity contribution in [3.63, 3.8) is 0 Å². The molecule has 0 unspecified atom stereocenters. The first kappa shape index (κ1) is 14.2. The average Bonchev–Trinajstić information content (AvgIpc) is 2.94. The Morgan fingerprint density at radius 2 is 1.86 bits per heavy atom. The van der Waals surface area contributed by atoms with Gasteiger partial charge < -0.3 is 19.9 Å². The number of rotatable bonds is 3. The number of hydrogen-bond donors (Lipinski definition) is 2. The molecule has 7 heteroatoms. The number of fused-ring (bicyclic) bond motifs is 1. The topological polar surface area (TPSA) is 84.9 Å². The number of carboxylic acids is 1. The molecule has 0 aromatic heterocycles. The first-order valence-corrected chi connectivity index (χ1v) is 6.66. The Balaban J connectivity index is 1.79. The summed E-state index contributed by atoms with van der Waals surface area (Å²) in [5.41, 5.74) is 0.767. The SMILES string of the molecule is O=C(Nc1ccc(C(=O)O)c(Cl)c1)c1ccc2c(c1)OCO2. The number of carbonyl (C=O) groups excluding carboxylic acids is 1. The zero-order chi connectivity index (χ0) is 15.7. The lowest BCUT2D eigenvalue weighted by Gasteiger charge is -2.07. The van der Waals surface area contributed by atoms with Crippen molar-refractivity contribution >= 4 is 29.2 Å². The molecule has 0 spiro atoms. The van der Waals surface area contributed by atoms with E-state index < -0.39 is 5.97 Å². The smallest absolute Gasteiger partial charge is 0.337 e. The molecule has 1 aliphatic rings. The van der Waals surface area contributed by atoms with Gasteiger partial charge in [0.1, 0.15) is 0 Å². The van der Waals surface area contributed by atoms with E-state index in [1.54, 1.807) is 18.2 Å². The van der Waals surface area contributed by atoms with Gasteiger partial charge in [-0.1, -0.05) is 11.6 Å². The Morgan fingerprint density at radius 1 is 1.09 bits per heavy atom. The van der Waals surface area contributed by atoms with E-state index in [4.69, 9.17) is 26.2 Å². The van der Waals surface area contributed by atoms with Crippen LogP contribution in [0.2, 0.25) is 5.02 Å². The summed E-state index contributed by atoms with van der Waals surface area (Å²) in [5.74, 6) is -0.395. The van der Waals surface area contributed by atoms with Crippen molar-refractivity contribution in [2.24, 2.45) is 0 Å². The van der Waals surface area contributed by atoms with Crippen LogP contribution in [0.1, 0.15) is 20.7 Å². The standard InChI is InChI=1S/C15H10ClNO5/c16-11-6-9(2-3-10(11)15(19)20)17-14(18)8-1-4-12-13(5-8)22-7-21-12/h1-6H,7H2,(H,17,18)(H,19,20). The van der Waals surface area contributed by atoms with Gasteiger partial charge in [0.15, 0.2) is 11.5 Å². The van der Waals surface area contributed by atoms with Gasteiger partial charge in [-0.15, -0.1) is 0 Å². The number of halogens is 1. The predicted octanol–water partition coefficient (Wildman–Crippen LogP) is 3.02. The highest BCUT2D eigenvalue weighted by Gasteiger charge is 2.17. The molecule has 3 rings (SSSR count). The van der Waals surface area contributed by atoms with Crippen LogP contribution in [0.25, 0.3) is 0 Å². The summed E-state index contributed by atoms with van der Waals surface area (Å²) < 4.78 is 10.4. The first-order valence-electron chi connectivity index (χ1n) is 6.28. The molecule has 0 bridgehead atoms. The molecule has 0 aliphatic carbocycles. The molecule has 2 N–H and O–H groups in total. The third kappa shape index (κ3) is 2.68. The maximum absolute atomic E-state index is 12.2. The number of nitrogens with one attached hydrogen (secondary N) is 1. The molecule has 1 aliphatic heterocycles. The summed E-state index contributed by atoms with van der Waals surface area (Å²) in [7, 11) is 0. The molecule has 0 fully saturated rings. The number of benzene rings is 2. The lowest BCUT2D eigenvalue weighted by Crippen LogP contribution is -2.12. The minimum absolute atomic E-state index is 0.0252. The lowest BCUT2D eigenvalue weighted by molar-refractivity contribution is 0.0697. The highest BCUT2D eigenvalue weighted by molar-refractivity contribution is 6.33. The third-order valence-corrected chi connectivity index (χ3v) is 3.40. The van der Waals surface area contributed by atoms with Gasteiger partial charge in [0.2, 0.25) is 6.79 Å². The number of hydrogen-bond acceptors (Lipinski definition) is 4. The Hall–Kier alpha value is -2.73. The third-order valence-electron chi connectivity index (χ3n) is 3.09. The second-order valence-electron chi connectivity index (χ2n) is 4.52. The molecule has 112 valence electrons. The summed E-state index contributed by atoms with van der Waals surface area (Å²) >= 11 is 5.86. The van der Waals surface area contributed by atoms with E-state index in [0.717, 1.165) is 0 Å². The van der Waals surface area contributed by atoms with Crippen molar-refractivity contribution in [3.8, 4) is 11.5 Å². The number of carbonyl (C=O) groups is 2. The van der Waals surface area contributed by atoms with Crippen LogP contribution in [0.4, 0.5) is 5.69 Å². The van der Waals surface area contributed by atoms with Crippen molar-refractivity contribution in [2.75, 3.05) is 12.1 Å². The molecule has 0 atom stereocenters. The second kappa shape index (κ2) is 5.57. The van der Waals surface area contributed by atoms with Crippen LogP contribution in [0.15, 0.2) is 36.4 Å². The summed E-state index contributed by atoms with van der Waals surface area (Å²) in [6.45, 7) is 0.132. The van der Waals surface area contributed by atoms with E-state index in [0.29, 0.717) is 22.7 Å². The zero-order valence-corrected chi connectivity index (χ0v) is 11.9. The van der Waals surface area contributed by atoms with Gasteiger partial charge >= 0.3 is 5.97 Å². The molecule has 0 saturated carbocycles. The lowest BCUT2D eigenvalue weighted by atomic mass is 10.1. The van der Waals surface area contributed by atoms with E-state index >= 15 is 0 Å². The number of aromatic carboxylic acids is 1. The molecule has 1 amide bonds. The number of ether oxygens (including phenoxy) is 2. The largest absolute Gasteiger partial charge is 0.478 e. The van der Waals surface area contributed by atoms with Gasteiger partial charge in [-0.3, -0.25) is 4.79 Å². The predicted molar refractivity (Wildman–Crippen MR) is 78.9 cm³/mol.